The molecular weight excluding hydrogens is 331 g/mol. The van der Waals surface area contributed by atoms with Crippen LogP contribution >= 0.6 is 0 Å². The molecule has 1 N–H and O–H groups in total. The normalized spacial score (nSPS) is 12.9. The average molecular weight is 356 g/mol. The number of carbonyl (C=O) groups is 2. The molecule has 26 heavy (non-hydrogen) atoms. The molecule has 2 amide bonds. The number of nitrogens with zero attached hydrogens (tertiary/aromatic N) is 1. The number of benzene rings is 2. The second kappa shape index (κ2) is 9.13. The number of nitrogens with one attached hydrogen (secondary N) is 1. The fourth-order valence-electron chi connectivity index (χ4n) is 2.69. The van der Waals surface area contributed by atoms with Crippen LogP contribution in [0.4, 0.5) is 4.39 Å². The molecule has 0 aliphatic heterocycles. The Hall–Kier alpha value is -2.69. The van der Waals surface area contributed by atoms with Gasteiger partial charge in [0.2, 0.25) is 5.91 Å². The van der Waals surface area contributed by atoms with Crippen molar-refractivity contribution in [2.24, 2.45) is 5.92 Å². The van der Waals surface area contributed by atoms with Crippen molar-refractivity contribution in [1.82, 2.24) is 10.2 Å². The van der Waals surface area contributed by atoms with Gasteiger partial charge in [0.15, 0.2) is 0 Å². The maximum absolute atomic E-state index is 13.9. The summed E-state index contributed by atoms with van der Waals surface area (Å²) in [7, 11) is 1.62. The van der Waals surface area contributed by atoms with Crippen molar-refractivity contribution in [2.45, 2.75) is 32.9 Å². The van der Waals surface area contributed by atoms with E-state index in [-0.39, 0.29) is 30.1 Å². The lowest BCUT2D eigenvalue weighted by molar-refractivity contribution is -0.133. The van der Waals surface area contributed by atoms with Gasteiger partial charge < -0.3 is 10.2 Å². The zero-order valence-electron chi connectivity index (χ0n) is 15.4. The monoisotopic (exact) mass is 356 g/mol. The largest absolute Gasteiger partial charge is 0.340 e. The van der Waals surface area contributed by atoms with E-state index in [0.29, 0.717) is 11.1 Å². The molecule has 0 aromatic heterocycles. The molecule has 2 unspecified atom stereocenters. The lowest BCUT2D eigenvalue weighted by Gasteiger charge is -2.28. The predicted molar refractivity (Wildman–Crippen MR) is 100 cm³/mol. The summed E-state index contributed by atoms with van der Waals surface area (Å²) in [6, 6.07) is 14.5. The number of halogens is 1. The van der Waals surface area contributed by atoms with Crippen LogP contribution in [0.5, 0.6) is 0 Å². The number of rotatable bonds is 7. The number of amides is 2. The van der Waals surface area contributed by atoms with Gasteiger partial charge in [-0.25, -0.2) is 4.39 Å². The van der Waals surface area contributed by atoms with Crippen LogP contribution in [-0.4, -0.2) is 29.8 Å². The molecule has 0 radical (unpaired) electrons. The molecule has 0 spiro atoms. The first-order valence-electron chi connectivity index (χ1n) is 8.78. The molecule has 2 aromatic rings. The second-order valence-corrected chi connectivity index (χ2v) is 6.49. The molecule has 4 nitrogen and oxygen atoms in total. The van der Waals surface area contributed by atoms with E-state index in [2.05, 4.69) is 5.32 Å². The Labute approximate surface area is 154 Å². The molecule has 2 aromatic carbocycles. The van der Waals surface area contributed by atoms with Gasteiger partial charge in [0.1, 0.15) is 11.9 Å². The van der Waals surface area contributed by atoms with Gasteiger partial charge >= 0.3 is 0 Å². The Morgan fingerprint density at radius 2 is 1.69 bits per heavy atom. The Balaban J connectivity index is 2.13. The number of hydrogen-bond donors (Lipinski definition) is 1. The van der Waals surface area contributed by atoms with E-state index in [4.69, 9.17) is 0 Å². The highest BCUT2D eigenvalue weighted by Crippen LogP contribution is 2.15. The van der Waals surface area contributed by atoms with Crippen LogP contribution < -0.4 is 5.32 Å². The molecule has 0 heterocycles. The number of likely N-dealkylation sites (N-methyl/N-ethyl adjacent to an activating group) is 1. The maximum Gasteiger partial charge on any atom is 0.251 e. The summed E-state index contributed by atoms with van der Waals surface area (Å²) in [6.45, 7) is 4.04. The third-order valence-corrected chi connectivity index (χ3v) is 4.54. The molecule has 2 atom stereocenters. The predicted octanol–water partition coefficient (Wildman–Crippen LogP) is 3.63. The van der Waals surface area contributed by atoms with Gasteiger partial charge in [-0.2, -0.15) is 0 Å². The highest BCUT2D eigenvalue weighted by atomic mass is 19.1. The Morgan fingerprint density at radius 1 is 1.08 bits per heavy atom. The van der Waals surface area contributed by atoms with Crippen molar-refractivity contribution < 1.29 is 14.0 Å². The molecule has 0 bridgehead atoms. The Bertz CT molecular complexity index is 749. The van der Waals surface area contributed by atoms with Gasteiger partial charge in [0.25, 0.3) is 5.91 Å². The SMILES string of the molecule is CCC(C)C(NC(=O)c1ccccc1)C(=O)N(C)Cc1ccccc1F. The number of hydrogen-bond acceptors (Lipinski definition) is 2. The lowest BCUT2D eigenvalue weighted by atomic mass is 9.97. The van der Waals surface area contributed by atoms with Crippen LogP contribution in [0.2, 0.25) is 0 Å². The molecule has 0 aliphatic carbocycles. The van der Waals surface area contributed by atoms with Crippen LogP contribution in [0, 0.1) is 11.7 Å². The van der Waals surface area contributed by atoms with Crippen molar-refractivity contribution in [2.75, 3.05) is 7.05 Å². The zero-order chi connectivity index (χ0) is 19.1. The maximum atomic E-state index is 13.9. The molecule has 138 valence electrons. The first-order valence-corrected chi connectivity index (χ1v) is 8.78. The van der Waals surface area contributed by atoms with E-state index in [1.807, 2.05) is 19.9 Å². The topological polar surface area (TPSA) is 49.4 Å². The summed E-state index contributed by atoms with van der Waals surface area (Å²) < 4.78 is 13.9. The minimum atomic E-state index is -0.663. The van der Waals surface area contributed by atoms with Crippen LogP contribution in [0.15, 0.2) is 54.6 Å². The van der Waals surface area contributed by atoms with Gasteiger partial charge in [0.05, 0.1) is 0 Å². The Morgan fingerprint density at radius 3 is 2.31 bits per heavy atom. The third-order valence-electron chi connectivity index (χ3n) is 4.54. The summed E-state index contributed by atoms with van der Waals surface area (Å²) in [6.07, 6.45) is 0.735. The van der Waals surface area contributed by atoms with E-state index in [1.54, 1.807) is 49.5 Å². The molecule has 0 saturated heterocycles. The van der Waals surface area contributed by atoms with E-state index >= 15 is 0 Å². The smallest absolute Gasteiger partial charge is 0.251 e. The highest BCUT2D eigenvalue weighted by Gasteiger charge is 2.29. The van der Waals surface area contributed by atoms with Crippen molar-refractivity contribution in [3.8, 4) is 0 Å². The average Bonchev–Trinajstić information content (AvgIpc) is 2.67. The highest BCUT2D eigenvalue weighted by molar-refractivity contribution is 5.97. The molecule has 0 saturated carbocycles. The van der Waals surface area contributed by atoms with Crippen LogP contribution in [0.3, 0.4) is 0 Å². The lowest BCUT2D eigenvalue weighted by Crippen LogP contribution is -2.50. The minimum absolute atomic E-state index is 0.0433. The first-order chi connectivity index (χ1) is 12.4. The van der Waals surface area contributed by atoms with Crippen molar-refractivity contribution in [3.63, 3.8) is 0 Å². The molecular formula is C21H25FN2O2. The van der Waals surface area contributed by atoms with Crippen LogP contribution in [-0.2, 0) is 11.3 Å². The molecule has 0 fully saturated rings. The van der Waals surface area contributed by atoms with E-state index in [9.17, 15) is 14.0 Å². The van der Waals surface area contributed by atoms with Gasteiger partial charge in [0, 0.05) is 24.7 Å². The standard InChI is InChI=1S/C21H25FN2O2/c1-4-15(2)19(23-20(25)16-10-6-5-7-11-16)21(26)24(3)14-17-12-8-9-13-18(17)22/h5-13,15,19H,4,14H2,1-3H3,(H,23,25). The van der Waals surface area contributed by atoms with E-state index < -0.39 is 6.04 Å². The first kappa shape index (κ1) is 19.6. The van der Waals surface area contributed by atoms with Gasteiger partial charge in [-0.05, 0) is 24.1 Å². The third kappa shape index (κ3) is 4.91. The van der Waals surface area contributed by atoms with Crippen LogP contribution in [0.1, 0.15) is 36.2 Å². The number of carbonyl (C=O) groups excluding carboxylic acids is 2. The van der Waals surface area contributed by atoms with Gasteiger partial charge in [-0.1, -0.05) is 56.7 Å². The molecule has 5 heteroatoms. The van der Waals surface area contributed by atoms with Crippen molar-refractivity contribution in [3.05, 3.63) is 71.5 Å². The van der Waals surface area contributed by atoms with Gasteiger partial charge in [-0.15, -0.1) is 0 Å². The second-order valence-electron chi connectivity index (χ2n) is 6.49. The molecule has 2 rings (SSSR count). The fourth-order valence-corrected chi connectivity index (χ4v) is 2.69. The fraction of sp³-hybridized carbons (Fsp3) is 0.333. The summed E-state index contributed by atoms with van der Waals surface area (Å²) in [5, 5.41) is 2.84. The van der Waals surface area contributed by atoms with Crippen LogP contribution in [0.25, 0.3) is 0 Å². The van der Waals surface area contributed by atoms with Crippen molar-refractivity contribution in [1.29, 1.82) is 0 Å². The zero-order valence-corrected chi connectivity index (χ0v) is 15.4. The van der Waals surface area contributed by atoms with E-state index in [0.717, 1.165) is 6.42 Å². The quantitative estimate of drug-likeness (QED) is 0.824. The summed E-state index contributed by atoms with van der Waals surface area (Å²) in [4.78, 5) is 26.8. The molecule has 0 aliphatic rings. The van der Waals surface area contributed by atoms with E-state index in [1.165, 1.54) is 11.0 Å². The van der Waals surface area contributed by atoms with Gasteiger partial charge in [-0.3, -0.25) is 9.59 Å². The summed E-state index contributed by atoms with van der Waals surface area (Å²) in [5.41, 5.74) is 0.950. The minimum Gasteiger partial charge on any atom is -0.340 e. The Kier molecular flexibility index (Phi) is 6.89. The summed E-state index contributed by atoms with van der Waals surface area (Å²) in [5.74, 6) is -0.908. The van der Waals surface area contributed by atoms with Crippen molar-refractivity contribution >= 4 is 11.8 Å². The summed E-state index contributed by atoms with van der Waals surface area (Å²) >= 11 is 0.